The normalized spacial score (nSPS) is 12.5. The summed E-state index contributed by atoms with van der Waals surface area (Å²) in [7, 11) is 0. The highest BCUT2D eigenvalue weighted by Crippen LogP contribution is 2.35. The van der Waals surface area contributed by atoms with Crippen LogP contribution in [0.1, 0.15) is 53.4 Å². The van der Waals surface area contributed by atoms with E-state index in [0.717, 1.165) is 12.3 Å². The van der Waals surface area contributed by atoms with Crippen LogP contribution in [0.15, 0.2) is 0 Å². The third kappa shape index (κ3) is 3.27. The Morgan fingerprint density at radius 2 is 1.82 bits per heavy atom. The van der Waals surface area contributed by atoms with Crippen molar-refractivity contribution in [2.24, 2.45) is 11.3 Å². The molecule has 0 fully saturated rings. The smallest absolute Gasteiger partial charge is 0.0326 e. The quantitative estimate of drug-likeness (QED) is 0.561. The lowest BCUT2D eigenvalue weighted by atomic mass is 9.73. The highest BCUT2D eigenvalue weighted by atomic mass is 14.3. The van der Waals surface area contributed by atoms with Gasteiger partial charge in [0.15, 0.2) is 0 Å². The first kappa shape index (κ1) is 11.0. The van der Waals surface area contributed by atoms with Crippen molar-refractivity contribution in [3.63, 3.8) is 0 Å². The van der Waals surface area contributed by atoms with E-state index in [1.165, 1.54) is 19.3 Å². The minimum absolute atomic E-state index is 0.505. The van der Waals surface area contributed by atoms with Gasteiger partial charge in [-0.2, -0.15) is 0 Å². The maximum atomic E-state index is 4.01. The molecule has 67 valence electrons. The molecule has 0 aromatic carbocycles. The van der Waals surface area contributed by atoms with Crippen molar-refractivity contribution in [3.05, 3.63) is 6.92 Å². The molecular weight excluding hydrogens is 132 g/mol. The maximum absolute atomic E-state index is 4.01. The van der Waals surface area contributed by atoms with Gasteiger partial charge in [-0.05, 0) is 24.2 Å². The molecule has 0 bridgehead atoms. The molecule has 0 amide bonds. The van der Waals surface area contributed by atoms with Crippen molar-refractivity contribution in [2.75, 3.05) is 0 Å². The van der Waals surface area contributed by atoms with Crippen molar-refractivity contribution in [1.82, 2.24) is 0 Å². The van der Waals surface area contributed by atoms with Gasteiger partial charge >= 0.3 is 0 Å². The maximum Gasteiger partial charge on any atom is -0.0326 e. The Kier molecular flexibility index (Phi) is 4.79. The zero-order valence-corrected chi connectivity index (χ0v) is 8.61. The first-order valence-electron chi connectivity index (χ1n) is 4.87. The van der Waals surface area contributed by atoms with E-state index < -0.39 is 0 Å². The predicted molar refractivity (Wildman–Crippen MR) is 52.4 cm³/mol. The number of hydrogen-bond acceptors (Lipinski definition) is 0. The van der Waals surface area contributed by atoms with E-state index in [-0.39, 0.29) is 0 Å². The van der Waals surface area contributed by atoms with Crippen LogP contribution in [-0.2, 0) is 0 Å². The van der Waals surface area contributed by atoms with Crippen molar-refractivity contribution < 1.29 is 0 Å². The van der Waals surface area contributed by atoms with Crippen molar-refractivity contribution in [1.29, 1.82) is 0 Å². The molecule has 0 heterocycles. The SMILES string of the molecule is [CH2]CC(CC)C(C)(C)CCC. The molecule has 0 spiro atoms. The first-order valence-corrected chi connectivity index (χ1v) is 4.87. The van der Waals surface area contributed by atoms with Crippen LogP contribution in [0.5, 0.6) is 0 Å². The zero-order valence-electron chi connectivity index (χ0n) is 8.61. The molecule has 11 heavy (non-hydrogen) atoms. The lowest BCUT2D eigenvalue weighted by Crippen LogP contribution is -2.22. The molecule has 0 saturated carbocycles. The minimum Gasteiger partial charge on any atom is -0.0654 e. The van der Waals surface area contributed by atoms with Crippen LogP contribution in [-0.4, -0.2) is 0 Å². The van der Waals surface area contributed by atoms with Gasteiger partial charge in [0.1, 0.15) is 0 Å². The fourth-order valence-corrected chi connectivity index (χ4v) is 2.00. The molecule has 0 rings (SSSR count). The van der Waals surface area contributed by atoms with Crippen LogP contribution in [0, 0.1) is 18.3 Å². The Labute approximate surface area is 72.4 Å². The standard InChI is InChI=1S/C11H23/c1-6-9-11(4,5)10(7-2)8-3/h10H,2,6-9H2,1,3-5H3. The zero-order chi connectivity index (χ0) is 8.91. The molecule has 1 atom stereocenters. The lowest BCUT2D eigenvalue weighted by molar-refractivity contribution is 0.188. The number of rotatable bonds is 5. The predicted octanol–water partition coefficient (Wildman–Crippen LogP) is 4.06. The molecule has 1 radical (unpaired) electrons. The summed E-state index contributed by atoms with van der Waals surface area (Å²) in [6.45, 7) is 13.3. The average molecular weight is 155 g/mol. The molecular formula is C11H23. The Hall–Kier alpha value is 0. The molecule has 0 heteroatoms. The summed E-state index contributed by atoms with van der Waals surface area (Å²) in [5, 5.41) is 0. The number of hydrogen-bond donors (Lipinski definition) is 0. The van der Waals surface area contributed by atoms with Crippen LogP contribution in [0.25, 0.3) is 0 Å². The van der Waals surface area contributed by atoms with Crippen LogP contribution in [0.4, 0.5) is 0 Å². The van der Waals surface area contributed by atoms with Gasteiger partial charge in [0.25, 0.3) is 0 Å². The Bertz CT molecular complexity index is 88.2. The van der Waals surface area contributed by atoms with Gasteiger partial charge in [-0.15, -0.1) is 0 Å². The molecule has 0 N–H and O–H groups in total. The third-order valence-corrected chi connectivity index (χ3v) is 2.84. The fraction of sp³-hybridized carbons (Fsp3) is 0.909. The molecule has 1 unspecified atom stereocenters. The third-order valence-electron chi connectivity index (χ3n) is 2.84. The van der Waals surface area contributed by atoms with Gasteiger partial charge in [0.05, 0.1) is 0 Å². The van der Waals surface area contributed by atoms with E-state index in [1.807, 2.05) is 0 Å². The molecule has 0 nitrogen and oxygen atoms in total. The Balaban J connectivity index is 4.00. The van der Waals surface area contributed by atoms with Crippen LogP contribution in [0.3, 0.4) is 0 Å². The summed E-state index contributed by atoms with van der Waals surface area (Å²) in [6.07, 6.45) is 4.99. The topological polar surface area (TPSA) is 0 Å². The summed E-state index contributed by atoms with van der Waals surface area (Å²) in [5.41, 5.74) is 0.505. The highest BCUT2D eigenvalue weighted by Gasteiger charge is 2.25. The van der Waals surface area contributed by atoms with Gasteiger partial charge < -0.3 is 0 Å². The summed E-state index contributed by atoms with van der Waals surface area (Å²) in [4.78, 5) is 0. The molecule has 0 aliphatic heterocycles. The van der Waals surface area contributed by atoms with E-state index >= 15 is 0 Å². The van der Waals surface area contributed by atoms with E-state index in [4.69, 9.17) is 0 Å². The van der Waals surface area contributed by atoms with Gasteiger partial charge in [0.2, 0.25) is 0 Å². The van der Waals surface area contributed by atoms with Crippen molar-refractivity contribution in [2.45, 2.75) is 53.4 Å². The Morgan fingerprint density at radius 1 is 1.27 bits per heavy atom. The second-order valence-electron chi connectivity index (χ2n) is 4.13. The van der Waals surface area contributed by atoms with Crippen molar-refractivity contribution >= 4 is 0 Å². The molecule has 0 saturated heterocycles. The van der Waals surface area contributed by atoms with Gasteiger partial charge in [-0.3, -0.25) is 0 Å². The summed E-state index contributed by atoms with van der Waals surface area (Å²) >= 11 is 0. The van der Waals surface area contributed by atoms with Crippen LogP contribution >= 0.6 is 0 Å². The van der Waals surface area contributed by atoms with E-state index in [9.17, 15) is 0 Å². The van der Waals surface area contributed by atoms with Gasteiger partial charge in [-0.1, -0.05) is 47.5 Å². The van der Waals surface area contributed by atoms with E-state index in [2.05, 4.69) is 34.6 Å². The van der Waals surface area contributed by atoms with Gasteiger partial charge in [-0.25, -0.2) is 0 Å². The molecule has 0 aromatic rings. The van der Waals surface area contributed by atoms with E-state index in [1.54, 1.807) is 0 Å². The lowest BCUT2D eigenvalue weighted by Gasteiger charge is -2.32. The van der Waals surface area contributed by atoms with E-state index in [0.29, 0.717) is 5.41 Å². The summed E-state index contributed by atoms with van der Waals surface area (Å²) < 4.78 is 0. The Morgan fingerprint density at radius 3 is 2.09 bits per heavy atom. The molecule has 0 aliphatic rings. The second-order valence-corrected chi connectivity index (χ2v) is 4.13. The minimum atomic E-state index is 0.505. The summed E-state index contributed by atoms with van der Waals surface area (Å²) in [5.74, 6) is 0.808. The first-order chi connectivity index (χ1) is 5.08. The average Bonchev–Trinajstić information content (AvgIpc) is 1.89. The summed E-state index contributed by atoms with van der Waals surface area (Å²) in [6, 6.07) is 0. The molecule has 0 aliphatic carbocycles. The van der Waals surface area contributed by atoms with Crippen molar-refractivity contribution in [3.8, 4) is 0 Å². The monoisotopic (exact) mass is 155 g/mol. The van der Waals surface area contributed by atoms with Crippen LogP contribution < -0.4 is 0 Å². The largest absolute Gasteiger partial charge is 0.0654 e. The molecule has 0 aromatic heterocycles. The highest BCUT2D eigenvalue weighted by molar-refractivity contribution is 4.77. The second kappa shape index (κ2) is 4.79. The van der Waals surface area contributed by atoms with Crippen LogP contribution in [0.2, 0.25) is 0 Å². The fourth-order valence-electron chi connectivity index (χ4n) is 2.00. The van der Waals surface area contributed by atoms with Gasteiger partial charge in [0, 0.05) is 0 Å².